The molecule has 0 saturated heterocycles. The fraction of sp³-hybridized carbons (Fsp3) is 0.263. The van der Waals surface area contributed by atoms with E-state index in [0.29, 0.717) is 23.6 Å². The van der Waals surface area contributed by atoms with Crippen molar-refractivity contribution in [1.82, 2.24) is 5.32 Å². The zero-order valence-electron chi connectivity index (χ0n) is 13.9. The molecule has 0 heterocycles. The standard InChI is InChI=1S/C19H21ClN2O2/c1-13-5-3-6-15(11-13)9-10-18(23)21-12-19(24)22-17-8-4-7-16(20)14(17)2/h3-8,11H,9-10,12H2,1-2H3,(H,21,23)(H,22,24). The van der Waals surface area contributed by atoms with Crippen LogP contribution in [-0.2, 0) is 16.0 Å². The number of halogens is 1. The Balaban J connectivity index is 1.77. The average molecular weight is 345 g/mol. The maximum Gasteiger partial charge on any atom is 0.243 e. The van der Waals surface area contributed by atoms with Crippen LogP contribution in [0.4, 0.5) is 5.69 Å². The number of hydrogen-bond acceptors (Lipinski definition) is 2. The van der Waals surface area contributed by atoms with Crippen molar-refractivity contribution in [1.29, 1.82) is 0 Å². The molecule has 0 fully saturated rings. The van der Waals surface area contributed by atoms with E-state index in [-0.39, 0.29) is 18.4 Å². The molecule has 0 bridgehead atoms. The molecule has 126 valence electrons. The van der Waals surface area contributed by atoms with E-state index in [1.165, 1.54) is 5.56 Å². The van der Waals surface area contributed by atoms with E-state index in [2.05, 4.69) is 16.7 Å². The van der Waals surface area contributed by atoms with E-state index in [0.717, 1.165) is 11.1 Å². The predicted octanol–water partition coefficient (Wildman–Crippen LogP) is 3.64. The van der Waals surface area contributed by atoms with Crippen molar-refractivity contribution in [2.24, 2.45) is 0 Å². The summed E-state index contributed by atoms with van der Waals surface area (Å²) in [6.45, 7) is 3.79. The van der Waals surface area contributed by atoms with Crippen LogP contribution in [0.1, 0.15) is 23.1 Å². The molecule has 0 aromatic heterocycles. The third kappa shape index (κ3) is 5.39. The molecule has 5 heteroatoms. The van der Waals surface area contributed by atoms with Gasteiger partial charge >= 0.3 is 0 Å². The van der Waals surface area contributed by atoms with Crippen LogP contribution >= 0.6 is 11.6 Å². The first-order valence-corrected chi connectivity index (χ1v) is 8.20. The van der Waals surface area contributed by atoms with E-state index in [9.17, 15) is 9.59 Å². The molecule has 0 atom stereocenters. The molecule has 2 aromatic rings. The summed E-state index contributed by atoms with van der Waals surface area (Å²) < 4.78 is 0. The summed E-state index contributed by atoms with van der Waals surface area (Å²) >= 11 is 6.01. The van der Waals surface area contributed by atoms with Crippen LogP contribution < -0.4 is 10.6 Å². The highest BCUT2D eigenvalue weighted by Gasteiger charge is 2.09. The third-order valence-electron chi connectivity index (χ3n) is 3.71. The van der Waals surface area contributed by atoms with Gasteiger partial charge in [-0.2, -0.15) is 0 Å². The molecule has 0 aliphatic heterocycles. The largest absolute Gasteiger partial charge is 0.347 e. The van der Waals surface area contributed by atoms with E-state index in [4.69, 9.17) is 11.6 Å². The molecule has 24 heavy (non-hydrogen) atoms. The number of hydrogen-bond donors (Lipinski definition) is 2. The van der Waals surface area contributed by atoms with Gasteiger partial charge in [-0.3, -0.25) is 9.59 Å². The monoisotopic (exact) mass is 344 g/mol. The Morgan fingerprint density at radius 1 is 1.04 bits per heavy atom. The smallest absolute Gasteiger partial charge is 0.243 e. The SMILES string of the molecule is Cc1cccc(CCC(=O)NCC(=O)Nc2cccc(Cl)c2C)c1. The number of anilines is 1. The maximum absolute atomic E-state index is 11.9. The van der Waals surface area contributed by atoms with Gasteiger partial charge in [-0.15, -0.1) is 0 Å². The molecular formula is C19H21ClN2O2. The lowest BCUT2D eigenvalue weighted by Crippen LogP contribution is -2.33. The molecule has 0 radical (unpaired) electrons. The van der Waals surface area contributed by atoms with Gasteiger partial charge in [-0.25, -0.2) is 0 Å². The second-order valence-electron chi connectivity index (χ2n) is 5.73. The number of nitrogens with one attached hydrogen (secondary N) is 2. The van der Waals surface area contributed by atoms with E-state index >= 15 is 0 Å². The molecule has 0 aliphatic rings. The first-order valence-electron chi connectivity index (χ1n) is 7.83. The van der Waals surface area contributed by atoms with Crippen LogP contribution in [0.3, 0.4) is 0 Å². The molecule has 0 unspecified atom stereocenters. The quantitative estimate of drug-likeness (QED) is 0.840. The minimum Gasteiger partial charge on any atom is -0.347 e. The summed E-state index contributed by atoms with van der Waals surface area (Å²) in [4.78, 5) is 23.8. The van der Waals surface area contributed by atoms with Crippen LogP contribution in [0.15, 0.2) is 42.5 Å². The molecule has 2 aromatic carbocycles. The van der Waals surface area contributed by atoms with Crippen molar-refractivity contribution in [2.45, 2.75) is 26.7 Å². The topological polar surface area (TPSA) is 58.2 Å². The second kappa shape index (κ2) is 8.50. The summed E-state index contributed by atoms with van der Waals surface area (Å²) in [6, 6.07) is 13.4. The molecule has 4 nitrogen and oxygen atoms in total. The van der Waals surface area contributed by atoms with Gasteiger partial charge < -0.3 is 10.6 Å². The fourth-order valence-corrected chi connectivity index (χ4v) is 2.50. The Morgan fingerprint density at radius 2 is 1.79 bits per heavy atom. The van der Waals surface area contributed by atoms with Crippen molar-refractivity contribution in [2.75, 3.05) is 11.9 Å². The highest BCUT2D eigenvalue weighted by molar-refractivity contribution is 6.31. The third-order valence-corrected chi connectivity index (χ3v) is 4.12. The van der Waals surface area contributed by atoms with E-state index < -0.39 is 0 Å². The normalized spacial score (nSPS) is 10.3. The number of benzene rings is 2. The number of aryl methyl sites for hydroxylation is 2. The Labute approximate surface area is 147 Å². The Bertz CT molecular complexity index is 744. The predicted molar refractivity (Wildman–Crippen MR) is 97.3 cm³/mol. The van der Waals surface area contributed by atoms with E-state index in [1.54, 1.807) is 18.2 Å². The van der Waals surface area contributed by atoms with Crippen LogP contribution in [0.25, 0.3) is 0 Å². The van der Waals surface area contributed by atoms with Crippen LogP contribution in [-0.4, -0.2) is 18.4 Å². The van der Waals surface area contributed by atoms with Gasteiger partial charge in [-0.05, 0) is 43.5 Å². The summed E-state index contributed by atoms with van der Waals surface area (Å²) in [7, 11) is 0. The van der Waals surface area contributed by atoms with Crippen molar-refractivity contribution < 1.29 is 9.59 Å². The zero-order valence-corrected chi connectivity index (χ0v) is 14.6. The molecule has 0 spiro atoms. The highest BCUT2D eigenvalue weighted by Crippen LogP contribution is 2.22. The number of carbonyl (C=O) groups is 2. The van der Waals surface area contributed by atoms with Gasteiger partial charge in [0.2, 0.25) is 11.8 Å². The average Bonchev–Trinajstić information content (AvgIpc) is 2.55. The van der Waals surface area contributed by atoms with Crippen LogP contribution in [0.5, 0.6) is 0 Å². The molecule has 2 rings (SSSR count). The molecule has 0 aliphatic carbocycles. The van der Waals surface area contributed by atoms with Crippen molar-refractivity contribution in [3.8, 4) is 0 Å². The Morgan fingerprint density at radius 3 is 2.54 bits per heavy atom. The molecule has 2 N–H and O–H groups in total. The molecule has 2 amide bonds. The van der Waals surface area contributed by atoms with Gasteiger partial charge in [0.15, 0.2) is 0 Å². The number of rotatable bonds is 6. The van der Waals surface area contributed by atoms with Gasteiger partial charge in [0, 0.05) is 17.1 Å². The van der Waals surface area contributed by atoms with Crippen molar-refractivity contribution >= 4 is 29.1 Å². The second-order valence-corrected chi connectivity index (χ2v) is 6.13. The van der Waals surface area contributed by atoms with Gasteiger partial charge in [0.05, 0.1) is 6.54 Å². The van der Waals surface area contributed by atoms with Crippen molar-refractivity contribution in [3.05, 3.63) is 64.2 Å². The number of amides is 2. The Kier molecular flexibility index (Phi) is 6.38. The number of carbonyl (C=O) groups excluding carboxylic acids is 2. The lowest BCUT2D eigenvalue weighted by molar-refractivity contribution is -0.124. The highest BCUT2D eigenvalue weighted by atomic mass is 35.5. The zero-order chi connectivity index (χ0) is 17.5. The maximum atomic E-state index is 11.9. The lowest BCUT2D eigenvalue weighted by Gasteiger charge is -2.10. The van der Waals surface area contributed by atoms with Gasteiger partial charge in [0.1, 0.15) is 0 Å². The molecular weight excluding hydrogens is 324 g/mol. The summed E-state index contributed by atoms with van der Waals surface area (Å²) in [6.07, 6.45) is 1.01. The van der Waals surface area contributed by atoms with Crippen LogP contribution in [0.2, 0.25) is 5.02 Å². The first-order chi connectivity index (χ1) is 11.5. The van der Waals surface area contributed by atoms with E-state index in [1.807, 2.05) is 32.0 Å². The van der Waals surface area contributed by atoms with Gasteiger partial charge in [-0.1, -0.05) is 47.5 Å². The molecule has 0 saturated carbocycles. The summed E-state index contributed by atoms with van der Waals surface area (Å²) in [5.74, 6) is -0.418. The minimum atomic E-state index is -0.274. The van der Waals surface area contributed by atoms with Crippen molar-refractivity contribution in [3.63, 3.8) is 0 Å². The van der Waals surface area contributed by atoms with Crippen LogP contribution in [0, 0.1) is 13.8 Å². The first kappa shape index (κ1) is 18.0. The Hall–Kier alpha value is -2.33. The summed E-state index contributed by atoms with van der Waals surface area (Å²) in [5, 5.41) is 5.98. The lowest BCUT2D eigenvalue weighted by atomic mass is 10.1. The fourth-order valence-electron chi connectivity index (χ4n) is 2.33. The van der Waals surface area contributed by atoms with Gasteiger partial charge in [0.25, 0.3) is 0 Å². The minimum absolute atomic E-state index is 0.0569. The summed E-state index contributed by atoms with van der Waals surface area (Å²) in [5.41, 5.74) is 3.74.